The van der Waals surface area contributed by atoms with Gasteiger partial charge in [0.1, 0.15) is 11.4 Å². The second kappa shape index (κ2) is 7.83. The zero-order valence-electron chi connectivity index (χ0n) is 13.8. The Bertz CT molecular complexity index is 733. The zero-order chi connectivity index (χ0) is 17.7. The van der Waals surface area contributed by atoms with Gasteiger partial charge in [0.2, 0.25) is 0 Å². The number of halogens is 1. The Morgan fingerprint density at radius 2 is 2.17 bits per heavy atom. The minimum Gasteiger partial charge on any atom is -0.507 e. The lowest BCUT2D eigenvalue weighted by atomic mass is 10.2. The summed E-state index contributed by atoms with van der Waals surface area (Å²) in [6, 6.07) is 5.32. The summed E-state index contributed by atoms with van der Waals surface area (Å²) >= 11 is 5.89. The molecule has 2 aromatic rings. The Labute approximate surface area is 145 Å². The Morgan fingerprint density at radius 3 is 2.71 bits per heavy atom. The van der Waals surface area contributed by atoms with Crippen molar-refractivity contribution in [3.63, 3.8) is 0 Å². The Hall–Kier alpha value is -2.54. The Morgan fingerprint density at radius 1 is 1.46 bits per heavy atom. The maximum Gasteiger partial charge on any atom is 0.291 e. The van der Waals surface area contributed by atoms with Gasteiger partial charge in [0, 0.05) is 37.5 Å². The lowest BCUT2D eigenvalue weighted by Gasteiger charge is -2.21. The fourth-order valence-corrected chi connectivity index (χ4v) is 2.56. The molecule has 1 aromatic heterocycles. The van der Waals surface area contributed by atoms with Crippen LogP contribution in [0, 0.1) is 0 Å². The normalized spacial score (nSPS) is 11.0. The number of hydrogen-bond donors (Lipinski definition) is 2. The largest absolute Gasteiger partial charge is 0.507 e. The number of phenolic OH excluding ortho intramolecular Hbond substituents is 1. The molecule has 0 aliphatic rings. The molecule has 0 atom stereocenters. The first kappa shape index (κ1) is 17.8. The van der Waals surface area contributed by atoms with Crippen molar-refractivity contribution in [3.8, 4) is 5.75 Å². The zero-order valence-corrected chi connectivity index (χ0v) is 14.6. The topological polar surface area (TPSA) is 82.8 Å². The minimum absolute atomic E-state index is 0.0935. The predicted molar refractivity (Wildman–Crippen MR) is 94.9 cm³/mol. The molecule has 0 saturated carbocycles. The number of nitrogens with one attached hydrogen (secondary N) is 1. The van der Waals surface area contributed by atoms with Gasteiger partial charge in [-0.05, 0) is 26.0 Å². The number of nitrogens with zero attached hydrogens (tertiary/aromatic N) is 4. The molecule has 0 fully saturated rings. The predicted octanol–water partition coefficient (Wildman–Crippen LogP) is 2.39. The maximum absolute atomic E-state index is 12.0. The first-order valence-electron chi connectivity index (χ1n) is 7.56. The second-order valence-electron chi connectivity index (χ2n) is 5.08. The molecule has 0 saturated heterocycles. The summed E-state index contributed by atoms with van der Waals surface area (Å²) in [5.41, 5.74) is 4.02. The number of rotatable bonds is 6. The monoisotopic (exact) mass is 349 g/mol. The van der Waals surface area contributed by atoms with Crippen molar-refractivity contribution in [2.45, 2.75) is 13.8 Å². The van der Waals surface area contributed by atoms with E-state index >= 15 is 0 Å². The van der Waals surface area contributed by atoms with Crippen LogP contribution in [0.3, 0.4) is 0 Å². The molecule has 128 valence electrons. The molecule has 0 aliphatic heterocycles. The molecule has 2 N–H and O–H groups in total. The van der Waals surface area contributed by atoms with Crippen LogP contribution < -0.4 is 10.3 Å². The van der Waals surface area contributed by atoms with E-state index in [0.717, 1.165) is 18.8 Å². The molecule has 7 nitrogen and oxygen atoms in total. The fraction of sp³-hybridized carbons (Fsp3) is 0.312. The molecule has 0 bridgehead atoms. The van der Waals surface area contributed by atoms with Crippen molar-refractivity contribution in [1.29, 1.82) is 0 Å². The van der Waals surface area contributed by atoms with Gasteiger partial charge in [-0.3, -0.25) is 9.48 Å². The van der Waals surface area contributed by atoms with Gasteiger partial charge in [0.15, 0.2) is 0 Å². The molecule has 0 spiro atoms. The molecule has 0 radical (unpaired) electrons. The molecule has 8 heteroatoms. The first-order chi connectivity index (χ1) is 11.5. The minimum atomic E-state index is -0.476. The van der Waals surface area contributed by atoms with Gasteiger partial charge in [0.25, 0.3) is 5.91 Å². The standard InChI is InChI=1S/C16H20ClN5O2/c1-4-22(5-2)12-7-6-11(14(23)8-12)9-18-20-16(24)15-13(17)10-19-21(15)3/h6-10,23H,4-5H2,1-3H3,(H,20,24). The van der Waals surface area contributed by atoms with E-state index in [-0.39, 0.29) is 16.5 Å². The molecule has 1 amide bonds. The number of aryl methyl sites for hydroxylation is 1. The van der Waals surface area contributed by atoms with Crippen LogP contribution in [0.2, 0.25) is 5.02 Å². The Kier molecular flexibility index (Phi) is 5.81. The maximum atomic E-state index is 12.0. The van der Waals surface area contributed by atoms with Gasteiger partial charge >= 0.3 is 0 Å². The van der Waals surface area contributed by atoms with Crippen molar-refractivity contribution in [3.05, 3.63) is 40.7 Å². The van der Waals surface area contributed by atoms with Gasteiger partial charge in [-0.2, -0.15) is 10.2 Å². The highest BCUT2D eigenvalue weighted by atomic mass is 35.5. The summed E-state index contributed by atoms with van der Waals surface area (Å²) in [6.07, 6.45) is 2.77. The van der Waals surface area contributed by atoms with E-state index in [2.05, 4.69) is 34.4 Å². The second-order valence-corrected chi connectivity index (χ2v) is 5.49. The molecular weight excluding hydrogens is 330 g/mol. The Balaban J connectivity index is 2.08. The van der Waals surface area contributed by atoms with E-state index in [9.17, 15) is 9.90 Å². The lowest BCUT2D eigenvalue weighted by molar-refractivity contribution is 0.0946. The van der Waals surface area contributed by atoms with Crippen LogP contribution in [0.4, 0.5) is 5.69 Å². The number of carbonyl (C=O) groups excluding carboxylic acids is 1. The van der Waals surface area contributed by atoms with Crippen molar-refractivity contribution in [2.75, 3.05) is 18.0 Å². The van der Waals surface area contributed by atoms with E-state index in [1.807, 2.05) is 6.07 Å². The van der Waals surface area contributed by atoms with Gasteiger partial charge in [-0.1, -0.05) is 11.6 Å². The summed E-state index contributed by atoms with van der Waals surface area (Å²) < 4.78 is 1.36. The van der Waals surface area contributed by atoms with Crippen LogP contribution in [-0.4, -0.2) is 40.1 Å². The highest BCUT2D eigenvalue weighted by Crippen LogP contribution is 2.23. The lowest BCUT2D eigenvalue weighted by Crippen LogP contribution is -2.22. The van der Waals surface area contributed by atoms with Gasteiger partial charge in [0.05, 0.1) is 17.4 Å². The van der Waals surface area contributed by atoms with Gasteiger partial charge < -0.3 is 10.0 Å². The van der Waals surface area contributed by atoms with E-state index in [1.165, 1.54) is 17.1 Å². The fourth-order valence-electron chi connectivity index (χ4n) is 2.31. The average molecular weight is 350 g/mol. The van der Waals surface area contributed by atoms with Gasteiger partial charge in [-0.25, -0.2) is 5.43 Å². The van der Waals surface area contributed by atoms with Crippen molar-refractivity contribution >= 4 is 29.4 Å². The van der Waals surface area contributed by atoms with E-state index in [0.29, 0.717) is 5.56 Å². The van der Waals surface area contributed by atoms with E-state index in [1.54, 1.807) is 19.2 Å². The van der Waals surface area contributed by atoms with Crippen LogP contribution in [0.1, 0.15) is 29.9 Å². The highest BCUT2D eigenvalue weighted by Gasteiger charge is 2.14. The van der Waals surface area contributed by atoms with E-state index in [4.69, 9.17) is 11.6 Å². The number of amides is 1. The molecule has 24 heavy (non-hydrogen) atoms. The molecule has 2 rings (SSSR count). The van der Waals surface area contributed by atoms with Crippen LogP contribution in [-0.2, 0) is 7.05 Å². The van der Waals surface area contributed by atoms with Crippen LogP contribution >= 0.6 is 11.6 Å². The summed E-state index contributed by atoms with van der Waals surface area (Å²) in [4.78, 5) is 14.1. The first-order valence-corrected chi connectivity index (χ1v) is 7.94. The van der Waals surface area contributed by atoms with Crippen molar-refractivity contribution in [1.82, 2.24) is 15.2 Å². The van der Waals surface area contributed by atoms with Crippen molar-refractivity contribution < 1.29 is 9.90 Å². The van der Waals surface area contributed by atoms with Crippen LogP contribution in [0.15, 0.2) is 29.5 Å². The molecule has 1 heterocycles. The van der Waals surface area contributed by atoms with Crippen LogP contribution in [0.5, 0.6) is 5.75 Å². The number of aromatic hydroxyl groups is 1. The highest BCUT2D eigenvalue weighted by molar-refractivity contribution is 6.33. The number of aromatic nitrogens is 2. The molecular formula is C16H20ClN5O2. The number of benzene rings is 1. The smallest absolute Gasteiger partial charge is 0.291 e. The molecule has 0 aliphatic carbocycles. The summed E-state index contributed by atoms with van der Waals surface area (Å²) in [6.45, 7) is 5.81. The third-order valence-electron chi connectivity index (χ3n) is 3.62. The average Bonchev–Trinajstić information content (AvgIpc) is 2.89. The number of hydrazone groups is 1. The van der Waals surface area contributed by atoms with Crippen LogP contribution in [0.25, 0.3) is 0 Å². The van der Waals surface area contributed by atoms with E-state index < -0.39 is 5.91 Å². The number of anilines is 1. The number of hydrogen-bond acceptors (Lipinski definition) is 5. The summed E-state index contributed by atoms with van der Waals surface area (Å²) in [7, 11) is 1.61. The molecule has 0 unspecified atom stereocenters. The summed E-state index contributed by atoms with van der Waals surface area (Å²) in [5.74, 6) is -0.383. The third-order valence-corrected chi connectivity index (χ3v) is 3.90. The third kappa shape index (κ3) is 3.86. The van der Waals surface area contributed by atoms with Gasteiger partial charge in [-0.15, -0.1) is 0 Å². The SMILES string of the molecule is CCN(CC)c1ccc(C=NNC(=O)c2c(Cl)cnn2C)c(O)c1. The number of phenols is 1. The quantitative estimate of drug-likeness (QED) is 0.619. The summed E-state index contributed by atoms with van der Waals surface area (Å²) in [5, 5.41) is 18.1. The molecule has 1 aromatic carbocycles. The number of carbonyl (C=O) groups is 1. The van der Waals surface area contributed by atoms with Crippen molar-refractivity contribution in [2.24, 2.45) is 12.1 Å².